The van der Waals surface area contributed by atoms with Crippen LogP contribution in [0.1, 0.15) is 162 Å². The van der Waals surface area contributed by atoms with Crippen molar-refractivity contribution in [1.82, 2.24) is 20.4 Å². The maximum absolute atomic E-state index is 14.8. The zero-order chi connectivity index (χ0) is 49.3. The zero-order valence-corrected chi connectivity index (χ0v) is 42.2. The summed E-state index contributed by atoms with van der Waals surface area (Å²) in [5, 5.41) is 20.7. The summed E-state index contributed by atoms with van der Waals surface area (Å²) in [7, 11) is 0. The lowest BCUT2D eigenvalue weighted by molar-refractivity contribution is -0.235. The first-order chi connectivity index (χ1) is 31.8. The van der Waals surface area contributed by atoms with Crippen molar-refractivity contribution in [3.8, 4) is 11.3 Å². The molecule has 68 heavy (non-hydrogen) atoms. The molecule has 13 nitrogen and oxygen atoms in total. The normalized spacial score (nSPS) is 36.0. The fraction of sp³-hybridized carbons (Fsp3) is 0.691. The highest BCUT2D eigenvalue weighted by Gasteiger charge is 2.71. The number of nitrogens with zero attached hydrogens (tertiary/aromatic N) is 2. The summed E-state index contributed by atoms with van der Waals surface area (Å²) in [6.07, 6.45) is 7.37. The molecule has 1 aromatic heterocycles. The number of amides is 2. The average molecular weight is 935 g/mol. The Labute approximate surface area is 401 Å². The minimum absolute atomic E-state index is 0.0127. The van der Waals surface area contributed by atoms with Gasteiger partial charge >= 0.3 is 18.0 Å². The van der Waals surface area contributed by atoms with Crippen LogP contribution < -0.4 is 10.6 Å². The van der Waals surface area contributed by atoms with Gasteiger partial charge in [-0.05, 0) is 147 Å². The fourth-order valence-corrected chi connectivity index (χ4v) is 15.8. The zero-order valence-electron chi connectivity index (χ0n) is 42.2. The number of hydrogen-bond acceptors (Lipinski definition) is 9. The maximum atomic E-state index is 14.8. The average Bonchev–Trinajstić information content (AvgIpc) is 3.78. The van der Waals surface area contributed by atoms with Gasteiger partial charge in [-0.2, -0.15) is 9.78 Å². The number of ether oxygens (including phenoxy) is 2. The molecule has 2 amide bonds. The summed E-state index contributed by atoms with van der Waals surface area (Å²) in [5.74, 6) is -2.13. The van der Waals surface area contributed by atoms with Crippen LogP contribution in [0.4, 0.5) is 4.79 Å². The van der Waals surface area contributed by atoms with E-state index in [1.807, 2.05) is 45.0 Å². The number of Topliss-reactive ketones (excluding diaryl/α,β-unsaturated/α-hetero) is 1. The van der Waals surface area contributed by atoms with E-state index >= 15 is 0 Å². The van der Waals surface area contributed by atoms with Gasteiger partial charge in [0.1, 0.15) is 17.3 Å². The van der Waals surface area contributed by atoms with Crippen LogP contribution in [0.5, 0.6) is 0 Å². The molecule has 6 saturated carbocycles. The molecular formula is C55H74N4O9. The molecule has 2 aromatic rings. The Kier molecular flexibility index (Phi) is 11.4. The van der Waals surface area contributed by atoms with E-state index in [1.54, 1.807) is 13.0 Å². The summed E-state index contributed by atoms with van der Waals surface area (Å²) in [6.45, 7) is 23.7. The van der Waals surface area contributed by atoms with Crippen LogP contribution in [0.2, 0.25) is 0 Å². The number of aliphatic carboxylic acids is 1. The van der Waals surface area contributed by atoms with E-state index < -0.39 is 46.3 Å². The number of carboxylic acids is 1. The highest BCUT2D eigenvalue weighted by Crippen LogP contribution is 2.76. The van der Waals surface area contributed by atoms with E-state index in [-0.39, 0.29) is 76.0 Å². The number of rotatable bonds is 10. The van der Waals surface area contributed by atoms with Crippen molar-refractivity contribution in [3.63, 3.8) is 0 Å². The van der Waals surface area contributed by atoms with Gasteiger partial charge in [0.15, 0.2) is 5.78 Å². The molecule has 0 unspecified atom stereocenters. The lowest BCUT2D eigenvalue weighted by atomic mass is 9.33. The summed E-state index contributed by atoms with van der Waals surface area (Å²) < 4.78 is 12.7. The quantitative estimate of drug-likeness (QED) is 0.194. The Balaban J connectivity index is 0.955. The number of carbonyl (C=O) groups is 6. The van der Waals surface area contributed by atoms with Crippen LogP contribution in [-0.4, -0.2) is 74.3 Å². The third kappa shape index (κ3) is 7.06. The Hall–Kier alpha value is -4.81. The van der Waals surface area contributed by atoms with E-state index in [2.05, 4.69) is 64.2 Å². The highest BCUT2D eigenvalue weighted by molar-refractivity contribution is 6.05. The van der Waals surface area contributed by atoms with Crippen molar-refractivity contribution in [2.45, 2.75) is 170 Å². The molecule has 7 aliphatic carbocycles. The molecule has 0 spiro atoms. The van der Waals surface area contributed by atoms with Crippen LogP contribution >= 0.6 is 0 Å². The molecule has 1 aromatic carbocycles. The minimum Gasteiger partial charge on any atom is -0.481 e. The van der Waals surface area contributed by atoms with Crippen molar-refractivity contribution in [1.29, 1.82) is 0 Å². The summed E-state index contributed by atoms with van der Waals surface area (Å²) >= 11 is 0. The number of allylic oxidation sites excluding steroid dienone is 1. The second kappa shape index (κ2) is 16.1. The van der Waals surface area contributed by atoms with Gasteiger partial charge in [-0.1, -0.05) is 92.1 Å². The SMILES string of the molecule is CCOC(=O)n1nc(-c2ccc(C)cc2)cc1C(=O)NC1(C(=O)N[C@@]23CC[C@]4(C)[C@H](CC[C@@H]5[C@@]6(C)CC[C@H](OC(=O)[C@H]7C[C@@H](C(=O)O)C7(C)C)C(C)(C)[C@@H]6CC[C@]54C)C2=C(C(C)C)C(=O)C3)CC1. The number of aryl methyl sites for hydroxylation is 1. The van der Waals surface area contributed by atoms with Crippen molar-refractivity contribution in [2.75, 3.05) is 6.61 Å². The molecule has 9 rings (SSSR count). The molecule has 0 bridgehead atoms. The first-order valence-electron chi connectivity index (χ1n) is 25.5. The number of nitrogens with one attached hydrogen (secondary N) is 2. The standard InChI is InChI=1S/C55H74N4O9/c1-12-67-48(66)59-37(28-36(58-59)32-15-13-31(4)14-16-32)44(61)56-54(25-26-54)47(65)57-55-24-23-52(10)33(43(55)42(30(2)3)38(60)29-55)17-18-40-51(9)21-20-41(50(7,8)39(51)19-22-53(40,52)11)68-46(64)35-27-34(45(62)63)49(35,5)6/h13-16,28,30,33-35,39-41H,12,17-27,29H2,1-11H3,(H,56,61)(H,57,65)(H,62,63)/t33-,34+,35-,39+,40-,41+,51+,52-,53-,55-/m1/s1. The van der Waals surface area contributed by atoms with Gasteiger partial charge in [-0.25, -0.2) is 4.79 Å². The maximum Gasteiger partial charge on any atom is 0.435 e. The van der Waals surface area contributed by atoms with Gasteiger partial charge in [-0.15, -0.1) is 0 Å². The van der Waals surface area contributed by atoms with Crippen LogP contribution in [0, 0.1) is 69.5 Å². The van der Waals surface area contributed by atoms with Crippen LogP contribution in [0.3, 0.4) is 0 Å². The van der Waals surface area contributed by atoms with E-state index in [1.165, 1.54) is 0 Å². The van der Waals surface area contributed by atoms with Gasteiger partial charge in [0.2, 0.25) is 5.91 Å². The van der Waals surface area contributed by atoms with Gasteiger partial charge in [0.25, 0.3) is 5.91 Å². The molecule has 7 aliphatic rings. The number of carboxylic acid groups (broad SMARTS) is 1. The predicted molar refractivity (Wildman–Crippen MR) is 255 cm³/mol. The largest absolute Gasteiger partial charge is 0.481 e. The molecule has 3 N–H and O–H groups in total. The predicted octanol–water partition coefficient (Wildman–Crippen LogP) is 9.63. The Morgan fingerprint density at radius 2 is 1.51 bits per heavy atom. The number of esters is 1. The molecule has 0 aliphatic heterocycles. The molecule has 0 radical (unpaired) electrons. The Morgan fingerprint density at radius 1 is 0.824 bits per heavy atom. The van der Waals surface area contributed by atoms with Gasteiger partial charge in [0, 0.05) is 17.4 Å². The van der Waals surface area contributed by atoms with Crippen LogP contribution in [0.25, 0.3) is 11.3 Å². The highest BCUT2D eigenvalue weighted by atomic mass is 16.6. The minimum atomic E-state index is -1.21. The number of benzene rings is 1. The second-order valence-corrected chi connectivity index (χ2v) is 24.4. The molecule has 0 saturated heterocycles. The lowest BCUT2D eigenvalue weighted by Gasteiger charge is -2.72. The molecule has 10 atom stereocenters. The fourth-order valence-electron chi connectivity index (χ4n) is 15.8. The molecule has 6 fully saturated rings. The molecule has 13 heteroatoms. The van der Waals surface area contributed by atoms with Gasteiger partial charge in [0.05, 0.1) is 29.7 Å². The number of carbonyl (C=O) groups excluding carboxylic acids is 5. The van der Waals surface area contributed by atoms with Gasteiger partial charge in [-0.3, -0.25) is 24.0 Å². The van der Waals surface area contributed by atoms with E-state index in [4.69, 9.17) is 9.47 Å². The number of ketones is 1. The third-order valence-electron chi connectivity index (χ3n) is 20.1. The Bertz CT molecular complexity index is 2500. The topological polar surface area (TPSA) is 183 Å². The summed E-state index contributed by atoms with van der Waals surface area (Å²) in [6, 6.07) is 9.17. The summed E-state index contributed by atoms with van der Waals surface area (Å²) in [5.41, 5.74) is 0.914. The lowest BCUT2D eigenvalue weighted by Crippen LogP contribution is -2.68. The first-order valence-corrected chi connectivity index (χ1v) is 25.5. The first kappa shape index (κ1) is 48.2. The van der Waals surface area contributed by atoms with Crippen molar-refractivity contribution >= 4 is 35.6 Å². The van der Waals surface area contributed by atoms with Crippen LogP contribution in [0.15, 0.2) is 41.5 Å². The van der Waals surface area contributed by atoms with Crippen molar-refractivity contribution in [2.24, 2.45) is 62.6 Å². The third-order valence-corrected chi connectivity index (χ3v) is 20.1. The molecular weight excluding hydrogens is 861 g/mol. The molecule has 368 valence electrons. The number of aromatic nitrogens is 2. The second-order valence-electron chi connectivity index (χ2n) is 24.4. The summed E-state index contributed by atoms with van der Waals surface area (Å²) in [4.78, 5) is 82.2. The van der Waals surface area contributed by atoms with Crippen LogP contribution in [-0.2, 0) is 28.7 Å². The number of fused-ring (bicyclic) bond motifs is 7. The van der Waals surface area contributed by atoms with E-state index in [9.17, 15) is 33.9 Å². The van der Waals surface area contributed by atoms with Gasteiger partial charge < -0.3 is 25.2 Å². The smallest absolute Gasteiger partial charge is 0.435 e. The number of hydrogen-bond donors (Lipinski definition) is 3. The Morgan fingerprint density at radius 3 is 2.13 bits per heavy atom. The van der Waals surface area contributed by atoms with Crippen molar-refractivity contribution < 1.29 is 43.3 Å². The monoisotopic (exact) mass is 935 g/mol. The molecule has 1 heterocycles. The van der Waals surface area contributed by atoms with E-state index in [0.29, 0.717) is 43.2 Å². The van der Waals surface area contributed by atoms with Crippen molar-refractivity contribution in [3.05, 3.63) is 52.7 Å². The van der Waals surface area contributed by atoms with E-state index in [0.717, 1.165) is 71.9 Å².